The zero-order valence-electron chi connectivity index (χ0n) is 18.1. The number of methoxy groups -OCH3 is 2. The van der Waals surface area contributed by atoms with Crippen LogP contribution in [-0.4, -0.2) is 85.7 Å². The van der Waals surface area contributed by atoms with E-state index in [4.69, 9.17) is 30.5 Å². The molecule has 3 heterocycles. The summed E-state index contributed by atoms with van der Waals surface area (Å²) in [6.07, 6.45) is 2.44. The van der Waals surface area contributed by atoms with Crippen molar-refractivity contribution < 1.29 is 27.4 Å². The molecule has 2 aromatic rings. The van der Waals surface area contributed by atoms with Gasteiger partial charge in [-0.05, 0) is 6.92 Å². The average Bonchev–Trinajstić information content (AvgIpc) is 3.18. The SMILES string of the molecule is COCC(COC)n1c(NS(=O)(=O)[C@@H](C)Cc2ncc(Cl)cn2)nnc1[C@H]1COCCO1. The van der Waals surface area contributed by atoms with Crippen LogP contribution in [0.4, 0.5) is 5.95 Å². The molecule has 1 aliphatic heterocycles. The Morgan fingerprint density at radius 1 is 1.22 bits per heavy atom. The summed E-state index contributed by atoms with van der Waals surface area (Å²) in [6.45, 7) is 3.21. The van der Waals surface area contributed by atoms with Crippen LogP contribution in [0.5, 0.6) is 0 Å². The first-order valence-electron chi connectivity index (χ1n) is 9.95. The summed E-state index contributed by atoms with van der Waals surface area (Å²) in [7, 11) is -0.772. The van der Waals surface area contributed by atoms with Crippen LogP contribution < -0.4 is 4.72 Å². The molecule has 0 aromatic carbocycles. The van der Waals surface area contributed by atoms with Crippen molar-refractivity contribution in [2.45, 2.75) is 30.7 Å². The lowest BCUT2D eigenvalue weighted by Crippen LogP contribution is -2.32. The number of nitrogens with one attached hydrogen (secondary N) is 1. The quantitative estimate of drug-likeness (QED) is 0.485. The molecule has 32 heavy (non-hydrogen) atoms. The molecule has 2 aromatic heterocycles. The fourth-order valence-corrected chi connectivity index (χ4v) is 4.27. The van der Waals surface area contributed by atoms with E-state index in [1.807, 2.05) is 0 Å². The summed E-state index contributed by atoms with van der Waals surface area (Å²) in [4.78, 5) is 8.13. The lowest BCUT2D eigenvalue weighted by Gasteiger charge is -2.26. The zero-order chi connectivity index (χ0) is 23.1. The van der Waals surface area contributed by atoms with Gasteiger partial charge in [-0.2, -0.15) is 0 Å². The van der Waals surface area contributed by atoms with Gasteiger partial charge >= 0.3 is 0 Å². The van der Waals surface area contributed by atoms with Gasteiger partial charge in [0.05, 0.1) is 49.3 Å². The second kappa shape index (κ2) is 11.3. The molecule has 0 amide bonds. The predicted molar refractivity (Wildman–Crippen MR) is 115 cm³/mol. The van der Waals surface area contributed by atoms with Crippen LogP contribution in [0.1, 0.15) is 30.7 Å². The van der Waals surface area contributed by atoms with Crippen LogP contribution in [0.3, 0.4) is 0 Å². The first-order chi connectivity index (χ1) is 15.4. The minimum atomic E-state index is -3.86. The van der Waals surface area contributed by atoms with E-state index >= 15 is 0 Å². The molecule has 0 aliphatic carbocycles. The molecule has 0 unspecified atom stereocenters. The standard InChI is InChI=1S/C18H27ClN6O6S/c1-12(6-16-20-7-13(19)8-21-16)32(26,27)24-18-23-22-17(15-11-30-4-5-31-15)25(18)14(9-28-2)10-29-3/h7-8,12,14-15H,4-6,9-11H2,1-3H3,(H,23,24)/t12-,15+/m0/s1. The Hall–Kier alpha value is -1.90. The third-order valence-electron chi connectivity index (χ3n) is 4.82. The molecule has 0 saturated carbocycles. The summed E-state index contributed by atoms with van der Waals surface area (Å²) in [6, 6.07) is -0.395. The van der Waals surface area contributed by atoms with E-state index in [9.17, 15) is 8.42 Å². The van der Waals surface area contributed by atoms with E-state index in [1.54, 1.807) is 25.7 Å². The van der Waals surface area contributed by atoms with Crippen molar-refractivity contribution in [3.05, 3.63) is 29.1 Å². The Bertz CT molecular complexity index is 961. The third-order valence-corrected chi connectivity index (χ3v) is 6.70. The average molecular weight is 491 g/mol. The van der Waals surface area contributed by atoms with Gasteiger partial charge in [-0.25, -0.2) is 18.4 Å². The highest BCUT2D eigenvalue weighted by molar-refractivity contribution is 7.93. The van der Waals surface area contributed by atoms with Crippen molar-refractivity contribution in [3.8, 4) is 0 Å². The predicted octanol–water partition coefficient (Wildman–Crippen LogP) is 1.02. The van der Waals surface area contributed by atoms with Gasteiger partial charge in [-0.3, -0.25) is 9.29 Å². The van der Waals surface area contributed by atoms with Crippen molar-refractivity contribution in [3.63, 3.8) is 0 Å². The molecule has 1 aliphatic rings. The maximum atomic E-state index is 13.1. The van der Waals surface area contributed by atoms with Crippen molar-refractivity contribution in [2.24, 2.45) is 0 Å². The van der Waals surface area contributed by atoms with Crippen molar-refractivity contribution in [2.75, 3.05) is 52.0 Å². The highest BCUT2D eigenvalue weighted by Crippen LogP contribution is 2.27. The third kappa shape index (κ3) is 6.11. The Kier molecular flexibility index (Phi) is 8.73. The fraction of sp³-hybridized carbons (Fsp3) is 0.667. The summed E-state index contributed by atoms with van der Waals surface area (Å²) >= 11 is 5.80. The van der Waals surface area contributed by atoms with Crippen LogP contribution in [-0.2, 0) is 35.4 Å². The first-order valence-corrected chi connectivity index (χ1v) is 11.9. The summed E-state index contributed by atoms with van der Waals surface area (Å²) < 4.78 is 52.2. The largest absolute Gasteiger partial charge is 0.382 e. The number of halogens is 1. The summed E-state index contributed by atoms with van der Waals surface area (Å²) in [5, 5.41) is 7.81. The molecule has 0 bridgehead atoms. The van der Waals surface area contributed by atoms with Crippen LogP contribution in [0.2, 0.25) is 5.02 Å². The topological polar surface area (TPSA) is 140 Å². The van der Waals surface area contributed by atoms with Gasteiger partial charge in [0.15, 0.2) is 5.82 Å². The highest BCUT2D eigenvalue weighted by atomic mass is 35.5. The monoisotopic (exact) mass is 490 g/mol. The van der Waals surface area contributed by atoms with E-state index in [0.717, 1.165) is 0 Å². The van der Waals surface area contributed by atoms with Gasteiger partial charge < -0.3 is 18.9 Å². The van der Waals surface area contributed by atoms with Crippen LogP contribution in [0, 0.1) is 0 Å². The van der Waals surface area contributed by atoms with Gasteiger partial charge in [-0.1, -0.05) is 11.6 Å². The maximum Gasteiger partial charge on any atom is 0.238 e. The van der Waals surface area contributed by atoms with Crippen LogP contribution in [0.15, 0.2) is 12.4 Å². The minimum Gasteiger partial charge on any atom is -0.382 e. The number of ether oxygens (including phenoxy) is 4. The number of hydrogen-bond donors (Lipinski definition) is 1. The summed E-state index contributed by atoms with van der Waals surface area (Å²) in [5.41, 5.74) is 0. The van der Waals surface area contributed by atoms with Gasteiger partial charge in [0.1, 0.15) is 11.9 Å². The molecule has 2 atom stereocenters. The molecule has 1 saturated heterocycles. The van der Waals surface area contributed by atoms with E-state index < -0.39 is 27.4 Å². The van der Waals surface area contributed by atoms with Gasteiger partial charge in [0, 0.05) is 33.0 Å². The molecular formula is C18H27ClN6O6S. The Balaban J connectivity index is 1.87. The first kappa shape index (κ1) is 24.7. The number of aromatic nitrogens is 5. The van der Waals surface area contributed by atoms with Crippen LogP contribution >= 0.6 is 11.6 Å². The zero-order valence-corrected chi connectivity index (χ0v) is 19.7. The maximum absolute atomic E-state index is 13.1. The second-order valence-electron chi connectivity index (χ2n) is 7.23. The second-order valence-corrected chi connectivity index (χ2v) is 9.77. The molecule has 0 radical (unpaired) electrons. The minimum absolute atomic E-state index is 0.0390. The normalized spacial score (nSPS) is 18.1. The molecule has 3 rings (SSSR count). The van der Waals surface area contributed by atoms with E-state index in [1.165, 1.54) is 12.4 Å². The summed E-state index contributed by atoms with van der Waals surface area (Å²) in [5.74, 6) is 0.825. The molecule has 178 valence electrons. The number of sulfonamides is 1. The molecule has 14 heteroatoms. The lowest BCUT2D eigenvalue weighted by molar-refractivity contribution is -0.0957. The van der Waals surface area contributed by atoms with Crippen molar-refractivity contribution in [1.29, 1.82) is 0 Å². The van der Waals surface area contributed by atoms with Crippen molar-refractivity contribution >= 4 is 27.6 Å². The Morgan fingerprint density at radius 2 is 1.91 bits per heavy atom. The smallest absolute Gasteiger partial charge is 0.238 e. The molecule has 1 N–H and O–H groups in total. The number of nitrogens with zero attached hydrogens (tertiary/aromatic N) is 5. The van der Waals surface area contributed by atoms with E-state index in [-0.39, 0.29) is 32.2 Å². The molecule has 12 nitrogen and oxygen atoms in total. The molecule has 0 spiro atoms. The highest BCUT2D eigenvalue weighted by Gasteiger charge is 2.31. The molecular weight excluding hydrogens is 464 g/mol. The van der Waals surface area contributed by atoms with Crippen molar-refractivity contribution in [1.82, 2.24) is 24.7 Å². The van der Waals surface area contributed by atoms with E-state index in [2.05, 4.69) is 24.9 Å². The Morgan fingerprint density at radius 3 is 2.50 bits per heavy atom. The van der Waals surface area contributed by atoms with Crippen LogP contribution in [0.25, 0.3) is 0 Å². The fourth-order valence-electron chi connectivity index (χ4n) is 3.21. The van der Waals surface area contributed by atoms with E-state index in [0.29, 0.717) is 29.9 Å². The Labute approximate surface area is 191 Å². The number of anilines is 1. The van der Waals surface area contributed by atoms with Gasteiger partial charge in [0.25, 0.3) is 0 Å². The number of hydrogen-bond acceptors (Lipinski definition) is 10. The van der Waals surface area contributed by atoms with Gasteiger partial charge in [0.2, 0.25) is 16.0 Å². The number of rotatable bonds is 11. The lowest BCUT2D eigenvalue weighted by atomic mass is 10.2. The van der Waals surface area contributed by atoms with Gasteiger partial charge in [-0.15, -0.1) is 10.2 Å². The molecule has 1 fully saturated rings.